The topological polar surface area (TPSA) is 80.2 Å². The second kappa shape index (κ2) is 5.77. The van der Waals surface area contributed by atoms with Crippen LogP contribution in [0.15, 0.2) is 35.9 Å². The number of rotatable bonds is 2. The van der Waals surface area contributed by atoms with Crippen LogP contribution in [0.3, 0.4) is 0 Å². The summed E-state index contributed by atoms with van der Waals surface area (Å²) >= 11 is 0. The van der Waals surface area contributed by atoms with Gasteiger partial charge < -0.3 is 4.57 Å². The molecule has 0 unspecified atom stereocenters. The highest BCUT2D eigenvalue weighted by Crippen LogP contribution is 2.23. The van der Waals surface area contributed by atoms with Gasteiger partial charge in [0.05, 0.1) is 0 Å². The molecule has 2 heterocycles. The molecule has 0 radical (unpaired) electrons. The number of aryl methyl sites for hydroxylation is 1. The van der Waals surface area contributed by atoms with Crippen molar-refractivity contribution in [3.05, 3.63) is 58.7 Å². The van der Waals surface area contributed by atoms with Gasteiger partial charge in [-0.3, -0.25) is 20.2 Å². The van der Waals surface area contributed by atoms with Crippen LogP contribution in [0.2, 0.25) is 0 Å². The Labute approximate surface area is 137 Å². The molecule has 1 aliphatic rings. The van der Waals surface area contributed by atoms with Gasteiger partial charge in [0.2, 0.25) is 0 Å². The van der Waals surface area contributed by atoms with Crippen molar-refractivity contribution in [2.45, 2.75) is 13.8 Å². The van der Waals surface area contributed by atoms with Crippen molar-refractivity contribution < 1.29 is 18.8 Å². The van der Waals surface area contributed by atoms with Gasteiger partial charge in [-0.2, -0.15) is 0 Å². The van der Waals surface area contributed by atoms with E-state index in [1.54, 1.807) is 25.1 Å². The number of aromatic nitrogens is 1. The monoisotopic (exact) mass is 327 g/mol. The SMILES string of the molecule is Cc1cc(C=C2C(=O)NC(=O)NC2=O)c(C)n1-c1cccc(F)c1. The van der Waals surface area contributed by atoms with Crippen molar-refractivity contribution in [3.63, 3.8) is 0 Å². The van der Waals surface area contributed by atoms with Gasteiger partial charge in [0.15, 0.2) is 0 Å². The fourth-order valence-corrected chi connectivity index (χ4v) is 2.71. The number of benzene rings is 1. The van der Waals surface area contributed by atoms with Crippen LogP contribution in [0.5, 0.6) is 0 Å². The maximum Gasteiger partial charge on any atom is 0.328 e. The van der Waals surface area contributed by atoms with Crippen LogP contribution in [-0.4, -0.2) is 22.4 Å². The summed E-state index contributed by atoms with van der Waals surface area (Å²) in [5.74, 6) is -1.86. The van der Waals surface area contributed by atoms with E-state index in [9.17, 15) is 18.8 Å². The van der Waals surface area contributed by atoms with Gasteiger partial charge in [0.25, 0.3) is 11.8 Å². The number of carbonyl (C=O) groups excluding carboxylic acids is 3. The average molecular weight is 327 g/mol. The van der Waals surface area contributed by atoms with Crippen molar-refractivity contribution in [3.8, 4) is 5.69 Å². The normalized spacial score (nSPS) is 14.5. The molecule has 0 bridgehead atoms. The van der Waals surface area contributed by atoms with E-state index >= 15 is 0 Å². The first-order valence-corrected chi connectivity index (χ1v) is 7.20. The van der Waals surface area contributed by atoms with Crippen molar-refractivity contribution in [1.29, 1.82) is 0 Å². The van der Waals surface area contributed by atoms with E-state index in [-0.39, 0.29) is 11.4 Å². The van der Waals surface area contributed by atoms with Gasteiger partial charge in [0.1, 0.15) is 11.4 Å². The molecule has 0 atom stereocenters. The fourth-order valence-electron chi connectivity index (χ4n) is 2.71. The Morgan fingerprint density at radius 2 is 1.71 bits per heavy atom. The van der Waals surface area contributed by atoms with E-state index in [1.807, 2.05) is 22.1 Å². The Morgan fingerprint density at radius 3 is 2.33 bits per heavy atom. The van der Waals surface area contributed by atoms with Crippen LogP contribution < -0.4 is 10.6 Å². The van der Waals surface area contributed by atoms with Crippen molar-refractivity contribution >= 4 is 23.9 Å². The van der Waals surface area contributed by atoms with Crippen LogP contribution in [0.1, 0.15) is 17.0 Å². The smallest absolute Gasteiger partial charge is 0.318 e. The molecule has 0 saturated carbocycles. The third-order valence-electron chi connectivity index (χ3n) is 3.78. The summed E-state index contributed by atoms with van der Waals surface area (Å²) in [5.41, 5.74) is 2.67. The number of barbiturate groups is 1. The number of imide groups is 2. The van der Waals surface area contributed by atoms with Crippen molar-refractivity contribution in [2.24, 2.45) is 0 Å². The van der Waals surface area contributed by atoms with Gasteiger partial charge in [-0.15, -0.1) is 0 Å². The molecule has 7 heteroatoms. The molecule has 1 aromatic heterocycles. The number of halogens is 1. The summed E-state index contributed by atoms with van der Waals surface area (Å²) in [6, 6.07) is 7.06. The molecule has 1 fully saturated rings. The predicted octanol–water partition coefficient (Wildman–Crippen LogP) is 1.98. The fraction of sp³-hybridized carbons (Fsp3) is 0.118. The van der Waals surface area contributed by atoms with Crippen LogP contribution in [0.25, 0.3) is 11.8 Å². The predicted molar refractivity (Wildman–Crippen MR) is 84.9 cm³/mol. The van der Waals surface area contributed by atoms with Gasteiger partial charge in [-0.05, 0) is 49.8 Å². The van der Waals surface area contributed by atoms with Gasteiger partial charge in [-0.1, -0.05) is 6.07 Å². The first kappa shape index (κ1) is 15.7. The lowest BCUT2D eigenvalue weighted by atomic mass is 10.1. The molecule has 1 saturated heterocycles. The van der Waals surface area contributed by atoms with Crippen LogP contribution in [0.4, 0.5) is 9.18 Å². The lowest BCUT2D eigenvalue weighted by molar-refractivity contribution is -0.123. The average Bonchev–Trinajstić information content (AvgIpc) is 2.77. The highest BCUT2D eigenvalue weighted by Gasteiger charge is 2.28. The highest BCUT2D eigenvalue weighted by molar-refractivity contribution is 6.31. The number of carbonyl (C=O) groups is 3. The summed E-state index contributed by atoms with van der Waals surface area (Å²) in [4.78, 5) is 34.7. The summed E-state index contributed by atoms with van der Waals surface area (Å²) in [6.07, 6.45) is 1.41. The van der Waals surface area contributed by atoms with E-state index in [2.05, 4.69) is 0 Å². The largest absolute Gasteiger partial charge is 0.328 e. The van der Waals surface area contributed by atoms with Crippen molar-refractivity contribution in [1.82, 2.24) is 15.2 Å². The van der Waals surface area contributed by atoms with E-state index in [1.165, 1.54) is 18.2 Å². The molecule has 2 N–H and O–H groups in total. The van der Waals surface area contributed by atoms with Crippen molar-refractivity contribution in [2.75, 3.05) is 0 Å². The number of nitrogens with zero attached hydrogens (tertiary/aromatic N) is 1. The molecule has 6 nitrogen and oxygen atoms in total. The standard InChI is InChI=1S/C17H14FN3O3/c1-9-6-11(7-14-15(22)19-17(24)20-16(14)23)10(2)21(9)13-5-3-4-12(18)8-13/h3-8H,1-2H3,(H2,19,20,22,23,24). The first-order valence-electron chi connectivity index (χ1n) is 7.20. The Bertz CT molecular complexity index is 890. The zero-order chi connectivity index (χ0) is 17.4. The number of hydrogen-bond donors (Lipinski definition) is 2. The molecule has 122 valence electrons. The van der Waals surface area contributed by atoms with E-state index in [0.29, 0.717) is 11.3 Å². The van der Waals surface area contributed by atoms with Crippen LogP contribution in [0, 0.1) is 19.7 Å². The molecule has 0 spiro atoms. The molecule has 2 aromatic rings. The molecular formula is C17H14FN3O3. The minimum absolute atomic E-state index is 0.158. The minimum atomic E-state index is -0.840. The Kier molecular flexibility index (Phi) is 3.76. The quantitative estimate of drug-likeness (QED) is 0.654. The third kappa shape index (κ3) is 2.71. The summed E-state index contributed by atoms with van der Waals surface area (Å²) in [5, 5.41) is 4.05. The Hall–Kier alpha value is -3.22. The Balaban J connectivity index is 2.07. The maximum atomic E-state index is 13.5. The van der Waals surface area contributed by atoms with E-state index in [0.717, 1.165) is 11.4 Å². The summed E-state index contributed by atoms with van der Waals surface area (Å²) in [6.45, 7) is 3.64. The summed E-state index contributed by atoms with van der Waals surface area (Å²) in [7, 11) is 0. The second-order valence-corrected chi connectivity index (χ2v) is 5.44. The molecule has 3 rings (SSSR count). The molecular weight excluding hydrogens is 313 g/mol. The van der Waals surface area contributed by atoms with Crippen LogP contribution in [-0.2, 0) is 9.59 Å². The Morgan fingerprint density at radius 1 is 1.04 bits per heavy atom. The lowest BCUT2D eigenvalue weighted by Gasteiger charge is -2.14. The number of amides is 4. The van der Waals surface area contributed by atoms with E-state index in [4.69, 9.17) is 0 Å². The highest BCUT2D eigenvalue weighted by atomic mass is 19.1. The number of hydrogen-bond acceptors (Lipinski definition) is 3. The van der Waals surface area contributed by atoms with Gasteiger partial charge >= 0.3 is 6.03 Å². The summed E-state index contributed by atoms with van der Waals surface area (Å²) < 4.78 is 15.3. The van der Waals surface area contributed by atoms with Gasteiger partial charge in [-0.25, -0.2) is 9.18 Å². The number of nitrogens with one attached hydrogen (secondary N) is 2. The first-order chi connectivity index (χ1) is 11.4. The molecule has 24 heavy (non-hydrogen) atoms. The second-order valence-electron chi connectivity index (χ2n) is 5.44. The minimum Gasteiger partial charge on any atom is -0.318 e. The lowest BCUT2D eigenvalue weighted by Crippen LogP contribution is -2.51. The van der Waals surface area contributed by atoms with Gasteiger partial charge in [0, 0.05) is 17.1 Å². The van der Waals surface area contributed by atoms with E-state index < -0.39 is 17.8 Å². The third-order valence-corrected chi connectivity index (χ3v) is 3.78. The zero-order valence-corrected chi connectivity index (χ0v) is 13.0. The number of urea groups is 1. The zero-order valence-electron chi connectivity index (χ0n) is 13.0. The maximum absolute atomic E-state index is 13.5. The molecule has 4 amide bonds. The molecule has 1 aliphatic heterocycles. The van der Waals surface area contributed by atoms with Crippen LogP contribution >= 0.6 is 0 Å². The molecule has 1 aromatic carbocycles. The molecule has 0 aliphatic carbocycles.